The van der Waals surface area contributed by atoms with E-state index in [4.69, 9.17) is 4.74 Å². The van der Waals surface area contributed by atoms with Gasteiger partial charge in [0.1, 0.15) is 5.75 Å². The van der Waals surface area contributed by atoms with Gasteiger partial charge < -0.3 is 4.74 Å². The topological polar surface area (TPSA) is 26.3 Å². The minimum Gasteiger partial charge on any atom is -0.423 e. The molecule has 0 spiro atoms. The third-order valence-electron chi connectivity index (χ3n) is 3.61. The molecule has 108 valence electrons. The average molecular weight is 280 g/mol. The molecule has 2 aromatic carbocycles. The number of esters is 1. The maximum Gasteiger partial charge on any atom is 0.338 e. The van der Waals surface area contributed by atoms with Gasteiger partial charge in [-0.2, -0.15) is 0 Å². The molecule has 0 aromatic heterocycles. The van der Waals surface area contributed by atoms with Gasteiger partial charge in [-0.25, -0.2) is 4.79 Å². The van der Waals surface area contributed by atoms with Gasteiger partial charge in [-0.05, 0) is 30.2 Å². The SMILES string of the molecule is C=C(C)C(=O)Oc1cccc(C(C)(C)c2ccccc2)c1. The summed E-state index contributed by atoms with van der Waals surface area (Å²) >= 11 is 0. The molecule has 0 atom stereocenters. The van der Waals surface area contributed by atoms with Crippen molar-refractivity contribution in [2.75, 3.05) is 0 Å². The molecule has 2 heteroatoms. The number of benzene rings is 2. The summed E-state index contributed by atoms with van der Waals surface area (Å²) in [6.07, 6.45) is 0. The van der Waals surface area contributed by atoms with Crippen LogP contribution in [0.15, 0.2) is 66.7 Å². The largest absolute Gasteiger partial charge is 0.423 e. The number of carbonyl (C=O) groups is 1. The Hall–Kier alpha value is -2.35. The molecular weight excluding hydrogens is 260 g/mol. The summed E-state index contributed by atoms with van der Waals surface area (Å²) in [5, 5.41) is 0. The molecule has 0 amide bonds. The van der Waals surface area contributed by atoms with Crippen LogP contribution in [0, 0.1) is 0 Å². The lowest BCUT2D eigenvalue weighted by atomic mass is 9.78. The molecule has 0 fully saturated rings. The molecule has 0 N–H and O–H groups in total. The Morgan fingerprint density at radius 1 is 1.00 bits per heavy atom. The van der Waals surface area contributed by atoms with E-state index in [0.29, 0.717) is 11.3 Å². The normalized spacial score (nSPS) is 11.0. The molecule has 0 aliphatic rings. The van der Waals surface area contributed by atoms with Crippen LogP contribution in [0.2, 0.25) is 0 Å². The van der Waals surface area contributed by atoms with E-state index in [1.807, 2.05) is 36.4 Å². The zero-order chi connectivity index (χ0) is 15.5. The van der Waals surface area contributed by atoms with Crippen molar-refractivity contribution < 1.29 is 9.53 Å². The Labute approximate surface area is 126 Å². The van der Waals surface area contributed by atoms with Crippen LogP contribution in [0.25, 0.3) is 0 Å². The second-order valence-electron chi connectivity index (χ2n) is 5.69. The van der Waals surface area contributed by atoms with Crippen LogP contribution < -0.4 is 4.74 Å². The Bertz CT molecular complexity index is 654. The number of rotatable bonds is 4. The summed E-state index contributed by atoms with van der Waals surface area (Å²) in [7, 11) is 0. The van der Waals surface area contributed by atoms with Gasteiger partial charge in [0.25, 0.3) is 0 Å². The standard InChI is InChI=1S/C19H20O2/c1-14(2)18(20)21-17-12-8-11-16(13-17)19(3,4)15-9-6-5-7-10-15/h5-13H,1H2,2-4H3. The van der Waals surface area contributed by atoms with Crippen molar-refractivity contribution in [3.05, 3.63) is 77.9 Å². The predicted molar refractivity (Wildman–Crippen MR) is 85.5 cm³/mol. The molecule has 2 aromatic rings. The van der Waals surface area contributed by atoms with Crippen LogP contribution in [0.1, 0.15) is 31.9 Å². The molecule has 0 unspecified atom stereocenters. The van der Waals surface area contributed by atoms with Crippen LogP contribution >= 0.6 is 0 Å². The molecule has 0 aliphatic heterocycles. The van der Waals surface area contributed by atoms with Crippen LogP contribution in [0.5, 0.6) is 5.75 Å². The maximum absolute atomic E-state index is 11.6. The average Bonchev–Trinajstić information content (AvgIpc) is 2.48. The van der Waals surface area contributed by atoms with Crippen molar-refractivity contribution in [3.8, 4) is 5.75 Å². The van der Waals surface area contributed by atoms with E-state index in [-0.39, 0.29) is 5.41 Å². The van der Waals surface area contributed by atoms with Crippen molar-refractivity contribution in [2.45, 2.75) is 26.2 Å². The van der Waals surface area contributed by atoms with Crippen LogP contribution in [0.4, 0.5) is 0 Å². The van der Waals surface area contributed by atoms with Crippen LogP contribution in [-0.4, -0.2) is 5.97 Å². The van der Waals surface area contributed by atoms with E-state index in [0.717, 1.165) is 5.56 Å². The molecule has 0 saturated heterocycles. The lowest BCUT2D eigenvalue weighted by Gasteiger charge is -2.26. The van der Waals surface area contributed by atoms with Gasteiger partial charge in [0, 0.05) is 11.0 Å². The van der Waals surface area contributed by atoms with E-state index in [9.17, 15) is 4.79 Å². The van der Waals surface area contributed by atoms with E-state index in [1.54, 1.807) is 13.0 Å². The quantitative estimate of drug-likeness (QED) is 0.468. The zero-order valence-corrected chi connectivity index (χ0v) is 12.7. The first-order chi connectivity index (χ1) is 9.91. The summed E-state index contributed by atoms with van der Waals surface area (Å²) in [5.41, 5.74) is 2.55. The molecule has 0 heterocycles. The van der Waals surface area contributed by atoms with Crippen molar-refractivity contribution in [1.29, 1.82) is 0 Å². The van der Waals surface area contributed by atoms with E-state index >= 15 is 0 Å². The first-order valence-corrected chi connectivity index (χ1v) is 6.95. The third-order valence-corrected chi connectivity index (χ3v) is 3.61. The van der Waals surface area contributed by atoms with Gasteiger partial charge in [-0.15, -0.1) is 0 Å². The summed E-state index contributed by atoms with van der Waals surface area (Å²) in [6, 6.07) is 17.9. The summed E-state index contributed by atoms with van der Waals surface area (Å²) < 4.78 is 5.31. The highest BCUT2D eigenvalue weighted by atomic mass is 16.5. The fraction of sp³-hybridized carbons (Fsp3) is 0.211. The lowest BCUT2D eigenvalue weighted by Crippen LogP contribution is -2.19. The number of hydrogen-bond acceptors (Lipinski definition) is 2. The molecule has 2 nitrogen and oxygen atoms in total. The third kappa shape index (κ3) is 3.40. The Kier molecular flexibility index (Phi) is 4.27. The summed E-state index contributed by atoms with van der Waals surface area (Å²) in [4.78, 5) is 11.6. The second kappa shape index (κ2) is 5.96. The number of hydrogen-bond donors (Lipinski definition) is 0. The first-order valence-electron chi connectivity index (χ1n) is 6.95. The molecule has 0 aliphatic carbocycles. The van der Waals surface area contributed by atoms with Crippen LogP contribution in [-0.2, 0) is 10.2 Å². The molecular formula is C19H20O2. The highest BCUT2D eigenvalue weighted by Gasteiger charge is 2.23. The number of ether oxygens (including phenoxy) is 1. The van der Waals surface area contributed by atoms with E-state index in [1.165, 1.54) is 5.56 Å². The Morgan fingerprint density at radius 2 is 1.62 bits per heavy atom. The summed E-state index contributed by atoms with van der Waals surface area (Å²) in [5.74, 6) is 0.147. The van der Waals surface area contributed by atoms with Crippen molar-refractivity contribution in [1.82, 2.24) is 0 Å². The maximum atomic E-state index is 11.6. The van der Waals surface area contributed by atoms with Crippen molar-refractivity contribution in [3.63, 3.8) is 0 Å². The smallest absolute Gasteiger partial charge is 0.338 e. The number of carbonyl (C=O) groups excluding carboxylic acids is 1. The minimum atomic E-state index is -0.398. The molecule has 0 bridgehead atoms. The van der Waals surface area contributed by atoms with Crippen LogP contribution in [0.3, 0.4) is 0 Å². The van der Waals surface area contributed by atoms with E-state index < -0.39 is 5.97 Å². The fourth-order valence-electron chi connectivity index (χ4n) is 2.16. The van der Waals surface area contributed by atoms with Gasteiger partial charge >= 0.3 is 5.97 Å². The van der Waals surface area contributed by atoms with Gasteiger partial charge in [0.15, 0.2) is 0 Å². The Balaban J connectivity index is 2.33. The molecule has 2 rings (SSSR count). The Morgan fingerprint density at radius 3 is 2.24 bits per heavy atom. The monoisotopic (exact) mass is 280 g/mol. The first kappa shape index (κ1) is 15.0. The molecule has 0 saturated carbocycles. The highest BCUT2D eigenvalue weighted by molar-refractivity contribution is 5.88. The van der Waals surface area contributed by atoms with Crippen molar-refractivity contribution in [2.24, 2.45) is 0 Å². The lowest BCUT2D eigenvalue weighted by molar-refractivity contribution is -0.130. The van der Waals surface area contributed by atoms with Gasteiger partial charge in [-0.3, -0.25) is 0 Å². The fourth-order valence-corrected chi connectivity index (χ4v) is 2.16. The highest BCUT2D eigenvalue weighted by Crippen LogP contribution is 2.33. The van der Waals surface area contributed by atoms with Gasteiger partial charge in [0.2, 0.25) is 0 Å². The second-order valence-corrected chi connectivity index (χ2v) is 5.69. The van der Waals surface area contributed by atoms with Crippen molar-refractivity contribution >= 4 is 5.97 Å². The predicted octanol–water partition coefficient (Wildman–Crippen LogP) is 4.49. The van der Waals surface area contributed by atoms with E-state index in [2.05, 4.69) is 32.6 Å². The molecule has 0 radical (unpaired) electrons. The zero-order valence-electron chi connectivity index (χ0n) is 12.7. The molecule has 21 heavy (non-hydrogen) atoms. The summed E-state index contributed by atoms with van der Waals surface area (Å²) in [6.45, 7) is 9.54. The minimum absolute atomic E-state index is 0.160. The van der Waals surface area contributed by atoms with Gasteiger partial charge in [-0.1, -0.05) is 62.9 Å². The van der Waals surface area contributed by atoms with Gasteiger partial charge in [0.05, 0.1) is 0 Å².